The Kier molecular flexibility index (Phi) is 7.34. The second kappa shape index (κ2) is 8.76. The highest BCUT2D eigenvalue weighted by atomic mass is 35.5. The molecule has 0 atom stereocenters. The van der Waals surface area contributed by atoms with Gasteiger partial charge < -0.3 is 15.8 Å². The number of benzene rings is 1. The molecule has 0 heterocycles. The Morgan fingerprint density at radius 2 is 2.04 bits per heavy atom. The summed E-state index contributed by atoms with van der Waals surface area (Å²) in [4.78, 5) is 12.5. The first-order chi connectivity index (χ1) is 10.9. The number of nitrogens with two attached hydrogens (primary N) is 1. The maximum atomic E-state index is 12.5. The number of nitrogens with one attached hydrogen (secondary N) is 1. The quantitative estimate of drug-likeness (QED) is 0.762. The summed E-state index contributed by atoms with van der Waals surface area (Å²) in [6, 6.07) is 4.95. The lowest BCUT2D eigenvalue weighted by Crippen LogP contribution is -2.49. The molecular formula is C17H24ClN3O2. The predicted octanol–water partition coefficient (Wildman–Crippen LogP) is 3.25. The van der Waals surface area contributed by atoms with Crippen molar-refractivity contribution in [3.05, 3.63) is 28.3 Å². The third-order valence-corrected chi connectivity index (χ3v) is 4.22. The Bertz CT molecular complexity index is 592. The SMILES string of the molecule is CCCOc1cc(Cl)c(C#N)cc1C(=O)NCC(N)(CC)CC. The molecule has 5 nitrogen and oxygen atoms in total. The zero-order chi connectivity index (χ0) is 17.5. The van der Waals surface area contributed by atoms with Crippen LogP contribution in [0.5, 0.6) is 5.75 Å². The van der Waals surface area contributed by atoms with Crippen LogP contribution in [0.1, 0.15) is 56.0 Å². The van der Waals surface area contributed by atoms with Crippen LogP contribution in [0, 0.1) is 11.3 Å². The van der Waals surface area contributed by atoms with E-state index in [0.717, 1.165) is 19.3 Å². The number of carbonyl (C=O) groups excluding carboxylic acids is 1. The normalized spacial score (nSPS) is 11.0. The smallest absolute Gasteiger partial charge is 0.255 e. The van der Waals surface area contributed by atoms with Gasteiger partial charge in [-0.25, -0.2) is 0 Å². The van der Waals surface area contributed by atoms with Crippen molar-refractivity contribution in [2.75, 3.05) is 13.2 Å². The van der Waals surface area contributed by atoms with Gasteiger partial charge in [0.25, 0.3) is 5.91 Å². The van der Waals surface area contributed by atoms with E-state index in [1.165, 1.54) is 12.1 Å². The summed E-state index contributed by atoms with van der Waals surface area (Å²) in [5, 5.41) is 12.2. The minimum absolute atomic E-state index is 0.241. The molecule has 1 rings (SSSR count). The average molecular weight is 338 g/mol. The molecule has 126 valence electrons. The number of nitriles is 1. The number of carbonyl (C=O) groups is 1. The fourth-order valence-corrected chi connectivity index (χ4v) is 2.20. The maximum absolute atomic E-state index is 12.5. The van der Waals surface area contributed by atoms with E-state index >= 15 is 0 Å². The largest absolute Gasteiger partial charge is 0.493 e. The number of hydrogen-bond donors (Lipinski definition) is 2. The van der Waals surface area contributed by atoms with Crippen molar-refractivity contribution in [1.29, 1.82) is 5.26 Å². The molecule has 0 saturated carbocycles. The van der Waals surface area contributed by atoms with Crippen LogP contribution in [-0.4, -0.2) is 24.6 Å². The van der Waals surface area contributed by atoms with E-state index in [0.29, 0.717) is 24.5 Å². The second-order valence-corrected chi connectivity index (χ2v) is 5.95. The summed E-state index contributed by atoms with van der Waals surface area (Å²) in [7, 11) is 0. The highest BCUT2D eigenvalue weighted by Crippen LogP contribution is 2.27. The molecule has 0 aliphatic rings. The van der Waals surface area contributed by atoms with Crippen molar-refractivity contribution >= 4 is 17.5 Å². The first-order valence-electron chi connectivity index (χ1n) is 7.84. The van der Waals surface area contributed by atoms with E-state index in [9.17, 15) is 4.79 Å². The highest BCUT2D eigenvalue weighted by Gasteiger charge is 2.23. The molecule has 0 fully saturated rings. The Morgan fingerprint density at radius 3 is 2.57 bits per heavy atom. The first kappa shape index (κ1) is 19.3. The van der Waals surface area contributed by atoms with E-state index in [-0.39, 0.29) is 16.5 Å². The monoisotopic (exact) mass is 337 g/mol. The molecule has 0 spiro atoms. The Hall–Kier alpha value is -1.77. The van der Waals surface area contributed by atoms with Crippen molar-refractivity contribution in [3.63, 3.8) is 0 Å². The fraction of sp³-hybridized carbons (Fsp3) is 0.529. The summed E-state index contributed by atoms with van der Waals surface area (Å²) in [5.41, 5.74) is 6.30. The van der Waals surface area contributed by atoms with Crippen molar-refractivity contribution in [2.45, 2.75) is 45.6 Å². The molecule has 23 heavy (non-hydrogen) atoms. The molecule has 0 aliphatic heterocycles. The summed E-state index contributed by atoms with van der Waals surface area (Å²) in [6.07, 6.45) is 2.32. The molecule has 0 bridgehead atoms. The second-order valence-electron chi connectivity index (χ2n) is 5.54. The predicted molar refractivity (Wildman–Crippen MR) is 91.8 cm³/mol. The first-order valence-corrected chi connectivity index (χ1v) is 8.22. The van der Waals surface area contributed by atoms with Gasteiger partial charge in [0.05, 0.1) is 22.8 Å². The van der Waals surface area contributed by atoms with Gasteiger partial charge in [0.1, 0.15) is 11.8 Å². The lowest BCUT2D eigenvalue weighted by Gasteiger charge is -2.27. The molecule has 0 saturated heterocycles. The number of hydrogen-bond acceptors (Lipinski definition) is 4. The molecule has 0 radical (unpaired) electrons. The molecule has 3 N–H and O–H groups in total. The zero-order valence-corrected chi connectivity index (χ0v) is 14.7. The van der Waals surface area contributed by atoms with Gasteiger partial charge in [-0.3, -0.25) is 4.79 Å². The van der Waals surface area contributed by atoms with Crippen molar-refractivity contribution in [1.82, 2.24) is 5.32 Å². The average Bonchev–Trinajstić information content (AvgIpc) is 2.57. The van der Waals surface area contributed by atoms with E-state index in [1.807, 2.05) is 26.8 Å². The number of rotatable bonds is 8. The highest BCUT2D eigenvalue weighted by molar-refractivity contribution is 6.32. The molecular weight excluding hydrogens is 314 g/mol. The summed E-state index contributed by atoms with van der Waals surface area (Å²) in [6.45, 7) is 6.77. The van der Waals surface area contributed by atoms with Crippen LogP contribution in [0.3, 0.4) is 0 Å². The van der Waals surface area contributed by atoms with Gasteiger partial charge in [0, 0.05) is 18.2 Å². The van der Waals surface area contributed by atoms with E-state index in [1.54, 1.807) is 0 Å². The summed E-state index contributed by atoms with van der Waals surface area (Å²) < 4.78 is 5.59. The van der Waals surface area contributed by atoms with Gasteiger partial charge in [0.2, 0.25) is 0 Å². The lowest BCUT2D eigenvalue weighted by molar-refractivity contribution is 0.0938. The van der Waals surface area contributed by atoms with E-state index in [2.05, 4.69) is 5.32 Å². The minimum Gasteiger partial charge on any atom is -0.493 e. The standard InChI is InChI=1S/C17H24ClN3O2/c1-4-7-23-15-9-14(18)12(10-19)8-13(15)16(22)21-11-17(20,5-2)6-3/h8-9H,4-7,11,20H2,1-3H3,(H,21,22). The molecule has 0 aliphatic carbocycles. The van der Waals surface area contributed by atoms with Gasteiger partial charge in [-0.05, 0) is 25.3 Å². The van der Waals surface area contributed by atoms with Crippen molar-refractivity contribution in [3.8, 4) is 11.8 Å². The molecule has 0 unspecified atom stereocenters. The van der Waals surface area contributed by atoms with Crippen molar-refractivity contribution < 1.29 is 9.53 Å². The molecule has 1 aromatic rings. The molecule has 1 amide bonds. The molecule has 1 aromatic carbocycles. The lowest BCUT2D eigenvalue weighted by atomic mass is 9.94. The van der Waals surface area contributed by atoms with Crippen LogP contribution in [0.2, 0.25) is 5.02 Å². The van der Waals surface area contributed by atoms with E-state index < -0.39 is 5.54 Å². The number of nitrogens with zero attached hydrogens (tertiary/aromatic N) is 1. The Morgan fingerprint density at radius 1 is 1.39 bits per heavy atom. The van der Waals surface area contributed by atoms with Gasteiger partial charge in [0.15, 0.2) is 0 Å². The summed E-state index contributed by atoms with van der Waals surface area (Å²) >= 11 is 6.03. The minimum atomic E-state index is -0.440. The topological polar surface area (TPSA) is 88.1 Å². The maximum Gasteiger partial charge on any atom is 0.255 e. The van der Waals surface area contributed by atoms with Crippen LogP contribution in [-0.2, 0) is 0 Å². The van der Waals surface area contributed by atoms with Gasteiger partial charge in [-0.2, -0.15) is 5.26 Å². The van der Waals surface area contributed by atoms with Crippen molar-refractivity contribution in [2.24, 2.45) is 5.73 Å². The van der Waals surface area contributed by atoms with Gasteiger partial charge >= 0.3 is 0 Å². The number of amides is 1. The van der Waals surface area contributed by atoms with Crippen LogP contribution >= 0.6 is 11.6 Å². The Balaban J connectivity index is 3.03. The molecule has 0 aromatic heterocycles. The van der Waals surface area contributed by atoms with Crippen LogP contribution in [0.15, 0.2) is 12.1 Å². The van der Waals surface area contributed by atoms with Gasteiger partial charge in [-0.15, -0.1) is 0 Å². The molecule has 6 heteroatoms. The third-order valence-electron chi connectivity index (χ3n) is 3.91. The van der Waals surface area contributed by atoms with Gasteiger partial charge in [-0.1, -0.05) is 32.4 Å². The fourth-order valence-electron chi connectivity index (χ4n) is 2.00. The van der Waals surface area contributed by atoms with Crippen LogP contribution < -0.4 is 15.8 Å². The number of halogens is 1. The third kappa shape index (κ3) is 5.12. The summed E-state index contributed by atoms with van der Waals surface area (Å²) in [5.74, 6) is 0.0602. The van der Waals surface area contributed by atoms with E-state index in [4.69, 9.17) is 27.3 Å². The Labute approximate surface area is 142 Å². The zero-order valence-electron chi connectivity index (χ0n) is 13.9. The van der Waals surface area contributed by atoms with Crippen LogP contribution in [0.25, 0.3) is 0 Å². The van der Waals surface area contributed by atoms with Crippen LogP contribution in [0.4, 0.5) is 0 Å². The number of ether oxygens (including phenoxy) is 1.